The lowest BCUT2D eigenvalue weighted by atomic mass is 10.2. The van der Waals surface area contributed by atoms with Gasteiger partial charge in [-0.3, -0.25) is 14.4 Å². The van der Waals surface area contributed by atoms with Crippen molar-refractivity contribution in [3.8, 4) is 0 Å². The van der Waals surface area contributed by atoms with E-state index in [4.69, 9.17) is 0 Å². The van der Waals surface area contributed by atoms with Gasteiger partial charge >= 0.3 is 0 Å². The second-order valence-electron chi connectivity index (χ2n) is 5.48. The summed E-state index contributed by atoms with van der Waals surface area (Å²) in [6, 6.07) is 3.98. The first-order chi connectivity index (χ1) is 10.1. The molecule has 1 aliphatic heterocycles. The molecule has 0 aromatic carbocycles. The maximum atomic E-state index is 12.5. The van der Waals surface area contributed by atoms with Crippen LogP contribution in [0.15, 0.2) is 17.5 Å². The summed E-state index contributed by atoms with van der Waals surface area (Å²) in [6.07, 6.45) is 0.840. The first kappa shape index (κ1) is 14.3. The van der Waals surface area contributed by atoms with Crippen LogP contribution in [0.2, 0.25) is 0 Å². The number of rotatable bonds is 4. The Balaban J connectivity index is 1.66. The number of amides is 1. The van der Waals surface area contributed by atoms with E-state index < -0.39 is 0 Å². The second kappa shape index (κ2) is 5.61. The third-order valence-electron chi connectivity index (χ3n) is 3.96. The number of hydrogen-bond acceptors (Lipinski definition) is 4. The van der Waals surface area contributed by atoms with Crippen molar-refractivity contribution >= 4 is 23.1 Å². The molecule has 3 rings (SSSR count). The number of aryl methyl sites for hydroxylation is 3. The van der Waals surface area contributed by atoms with Crippen LogP contribution in [0.25, 0.3) is 0 Å². The zero-order chi connectivity index (χ0) is 15.0. The van der Waals surface area contributed by atoms with Crippen molar-refractivity contribution in [2.45, 2.75) is 32.9 Å². The van der Waals surface area contributed by atoms with E-state index in [9.17, 15) is 4.79 Å². The van der Waals surface area contributed by atoms with Gasteiger partial charge < -0.3 is 5.32 Å². The highest BCUT2D eigenvalue weighted by Gasteiger charge is 2.33. The van der Waals surface area contributed by atoms with Gasteiger partial charge in [-0.15, -0.1) is 11.3 Å². The van der Waals surface area contributed by atoms with Crippen LogP contribution < -0.4 is 10.2 Å². The molecule has 2 aromatic heterocycles. The number of hydrogen-bond donors (Lipinski definition) is 1. The van der Waals surface area contributed by atoms with Crippen molar-refractivity contribution in [1.82, 2.24) is 15.1 Å². The van der Waals surface area contributed by atoms with Crippen molar-refractivity contribution < 1.29 is 4.79 Å². The Bertz CT molecular complexity index is 660. The fourth-order valence-corrected chi connectivity index (χ4v) is 3.50. The van der Waals surface area contributed by atoms with Gasteiger partial charge in [-0.05, 0) is 37.3 Å². The Labute approximate surface area is 128 Å². The maximum Gasteiger partial charge on any atom is 0.245 e. The molecule has 2 aromatic rings. The monoisotopic (exact) mass is 304 g/mol. The lowest BCUT2D eigenvalue weighted by Crippen LogP contribution is -2.38. The van der Waals surface area contributed by atoms with Crippen LogP contribution in [-0.4, -0.2) is 28.3 Å². The molecule has 5 nitrogen and oxygen atoms in total. The second-order valence-corrected chi connectivity index (χ2v) is 6.60. The number of carbonyl (C=O) groups is 1. The van der Waals surface area contributed by atoms with Gasteiger partial charge in [0.1, 0.15) is 5.82 Å². The van der Waals surface area contributed by atoms with E-state index in [0.29, 0.717) is 0 Å². The smallest absolute Gasteiger partial charge is 0.245 e. The van der Waals surface area contributed by atoms with Crippen LogP contribution in [0, 0.1) is 13.8 Å². The summed E-state index contributed by atoms with van der Waals surface area (Å²) in [4.78, 5) is 15.7. The summed E-state index contributed by atoms with van der Waals surface area (Å²) >= 11 is 1.74. The Hall–Kier alpha value is -1.66. The first-order valence-corrected chi connectivity index (χ1v) is 8.02. The predicted octanol–water partition coefficient (Wildman–Crippen LogP) is 1.99. The molecule has 6 heteroatoms. The number of aromatic nitrogens is 2. The SMILES string of the molecule is Cc1cc(N2CCC(NCc3ccsc3C)C2=O)n(C)n1. The standard InChI is InChI=1S/C15H20N4OS/c1-10-8-14(18(3)17-10)19-6-4-13(15(19)20)16-9-12-5-7-21-11(12)2/h5,7-8,13,16H,4,6,9H2,1-3H3. The molecule has 3 heterocycles. The van der Waals surface area contributed by atoms with Crippen molar-refractivity contribution in [2.24, 2.45) is 7.05 Å². The molecule has 1 unspecified atom stereocenters. The Morgan fingerprint density at radius 3 is 2.90 bits per heavy atom. The van der Waals surface area contributed by atoms with Gasteiger partial charge in [0.15, 0.2) is 0 Å². The predicted molar refractivity (Wildman–Crippen MR) is 84.6 cm³/mol. The van der Waals surface area contributed by atoms with Gasteiger partial charge in [-0.25, -0.2) is 0 Å². The largest absolute Gasteiger partial charge is 0.302 e. The van der Waals surface area contributed by atoms with E-state index in [1.54, 1.807) is 16.0 Å². The minimum absolute atomic E-state index is 0.0977. The van der Waals surface area contributed by atoms with Gasteiger partial charge in [-0.1, -0.05) is 0 Å². The van der Waals surface area contributed by atoms with E-state index in [-0.39, 0.29) is 11.9 Å². The Kier molecular flexibility index (Phi) is 3.82. The Morgan fingerprint density at radius 1 is 1.48 bits per heavy atom. The van der Waals surface area contributed by atoms with E-state index >= 15 is 0 Å². The van der Waals surface area contributed by atoms with Crippen molar-refractivity contribution in [3.05, 3.63) is 33.6 Å². The van der Waals surface area contributed by atoms with Crippen LogP contribution in [0.5, 0.6) is 0 Å². The molecule has 1 aliphatic rings. The van der Waals surface area contributed by atoms with Gasteiger partial charge in [0.25, 0.3) is 0 Å². The first-order valence-electron chi connectivity index (χ1n) is 7.14. The van der Waals surface area contributed by atoms with Crippen molar-refractivity contribution in [2.75, 3.05) is 11.4 Å². The molecule has 1 N–H and O–H groups in total. The highest BCUT2D eigenvalue weighted by Crippen LogP contribution is 2.22. The molecule has 0 aliphatic carbocycles. The summed E-state index contributed by atoms with van der Waals surface area (Å²) in [5.74, 6) is 1.03. The molecule has 1 amide bonds. The van der Waals surface area contributed by atoms with Crippen LogP contribution in [-0.2, 0) is 18.4 Å². The van der Waals surface area contributed by atoms with E-state index in [2.05, 4.69) is 28.8 Å². The molecular formula is C15H20N4OS. The Morgan fingerprint density at radius 2 is 2.29 bits per heavy atom. The number of thiophene rings is 1. The number of nitrogens with one attached hydrogen (secondary N) is 1. The van der Waals surface area contributed by atoms with E-state index in [1.165, 1.54) is 10.4 Å². The quantitative estimate of drug-likeness (QED) is 0.940. The van der Waals surface area contributed by atoms with Gasteiger partial charge in [0, 0.05) is 31.1 Å². The average Bonchev–Trinajstić information content (AvgIpc) is 3.09. The summed E-state index contributed by atoms with van der Waals surface area (Å²) in [5.41, 5.74) is 2.22. The summed E-state index contributed by atoms with van der Waals surface area (Å²) in [7, 11) is 1.88. The topological polar surface area (TPSA) is 50.2 Å². The fourth-order valence-electron chi connectivity index (χ4n) is 2.77. The number of nitrogens with zero attached hydrogens (tertiary/aromatic N) is 3. The molecule has 1 fully saturated rings. The zero-order valence-electron chi connectivity index (χ0n) is 12.6. The van der Waals surface area contributed by atoms with Gasteiger partial charge in [0.05, 0.1) is 11.7 Å². The lowest BCUT2D eigenvalue weighted by Gasteiger charge is -2.17. The highest BCUT2D eigenvalue weighted by molar-refractivity contribution is 7.10. The number of anilines is 1. The summed E-state index contributed by atoms with van der Waals surface area (Å²) < 4.78 is 1.78. The van der Waals surface area contributed by atoms with Crippen molar-refractivity contribution in [3.63, 3.8) is 0 Å². The highest BCUT2D eigenvalue weighted by atomic mass is 32.1. The minimum atomic E-state index is -0.0977. The molecule has 21 heavy (non-hydrogen) atoms. The summed E-state index contributed by atoms with van der Waals surface area (Å²) in [6.45, 7) is 5.56. The normalized spacial score (nSPS) is 18.7. The molecule has 112 valence electrons. The zero-order valence-corrected chi connectivity index (χ0v) is 13.4. The van der Waals surface area contributed by atoms with Crippen LogP contribution in [0.1, 0.15) is 22.6 Å². The van der Waals surface area contributed by atoms with Crippen LogP contribution in [0.4, 0.5) is 5.82 Å². The molecule has 1 atom stereocenters. The maximum absolute atomic E-state index is 12.5. The molecule has 0 bridgehead atoms. The lowest BCUT2D eigenvalue weighted by molar-refractivity contribution is -0.118. The molecular weight excluding hydrogens is 284 g/mol. The minimum Gasteiger partial charge on any atom is -0.302 e. The molecule has 0 spiro atoms. The van der Waals surface area contributed by atoms with Gasteiger partial charge in [0.2, 0.25) is 5.91 Å². The van der Waals surface area contributed by atoms with Crippen LogP contribution >= 0.6 is 11.3 Å². The van der Waals surface area contributed by atoms with E-state index in [0.717, 1.165) is 31.0 Å². The van der Waals surface area contributed by atoms with E-state index in [1.807, 2.05) is 24.9 Å². The number of carbonyl (C=O) groups excluding carboxylic acids is 1. The molecule has 0 saturated carbocycles. The van der Waals surface area contributed by atoms with Gasteiger partial charge in [-0.2, -0.15) is 5.10 Å². The van der Waals surface area contributed by atoms with Crippen LogP contribution in [0.3, 0.4) is 0 Å². The fraction of sp³-hybridized carbons (Fsp3) is 0.467. The average molecular weight is 304 g/mol. The van der Waals surface area contributed by atoms with Crippen molar-refractivity contribution in [1.29, 1.82) is 0 Å². The summed E-state index contributed by atoms with van der Waals surface area (Å²) in [5, 5.41) is 9.79. The third kappa shape index (κ3) is 2.73. The third-order valence-corrected chi connectivity index (χ3v) is 4.85. The molecule has 1 saturated heterocycles. The molecule has 0 radical (unpaired) electrons.